The average molecular weight is 525 g/mol. The van der Waals surface area contributed by atoms with Crippen molar-refractivity contribution in [3.05, 3.63) is 72.8 Å². The van der Waals surface area contributed by atoms with Crippen molar-refractivity contribution in [1.29, 1.82) is 0 Å². The molecule has 12 nitrogen and oxygen atoms in total. The Bertz CT molecular complexity index is 1150. The van der Waals surface area contributed by atoms with Crippen LogP contribution in [0, 0.1) is 0 Å². The zero-order chi connectivity index (χ0) is 25.9. The van der Waals surface area contributed by atoms with E-state index in [0.29, 0.717) is 34.7 Å². The highest BCUT2D eigenvalue weighted by Crippen LogP contribution is 2.17. The van der Waals surface area contributed by atoms with Crippen LogP contribution in [-0.2, 0) is 0 Å². The topological polar surface area (TPSA) is 183 Å². The third-order valence-electron chi connectivity index (χ3n) is 4.71. The number of hydrogen-bond donors (Lipinski definition) is 8. The summed E-state index contributed by atoms with van der Waals surface area (Å²) in [5.41, 5.74) is 15.1. The van der Waals surface area contributed by atoms with Gasteiger partial charge in [0.15, 0.2) is 11.9 Å². The van der Waals surface area contributed by atoms with Crippen molar-refractivity contribution in [2.24, 2.45) is 21.5 Å². The van der Waals surface area contributed by atoms with Gasteiger partial charge in [0.1, 0.15) is 0 Å². The maximum atomic E-state index is 12.3. The Morgan fingerprint density at radius 3 is 0.865 bits per heavy atom. The van der Waals surface area contributed by atoms with Crippen molar-refractivity contribution in [2.45, 2.75) is 0 Å². The van der Waals surface area contributed by atoms with E-state index in [-0.39, 0.29) is 12.4 Å². The number of nitrogens with two attached hydrogens (primary N) is 2. The summed E-state index contributed by atoms with van der Waals surface area (Å²) in [5.74, 6) is 0.583. The molecule has 0 aliphatic carbocycles. The molecule has 3 rings (SSSR count). The lowest BCUT2D eigenvalue weighted by Crippen LogP contribution is -2.22. The van der Waals surface area contributed by atoms with E-state index in [1.165, 1.54) is 0 Å². The molecule has 0 spiro atoms. The van der Waals surface area contributed by atoms with E-state index in [1.807, 2.05) is 0 Å². The first kappa shape index (κ1) is 28.3. The third kappa shape index (κ3) is 9.30. The zero-order valence-electron chi connectivity index (χ0n) is 20.2. The van der Waals surface area contributed by atoms with Gasteiger partial charge in [-0.25, -0.2) is 9.59 Å². The van der Waals surface area contributed by atoms with Gasteiger partial charge in [-0.05, 0) is 72.8 Å². The highest BCUT2D eigenvalue weighted by molar-refractivity contribution is 6.02. The fraction of sp³-hybridized carbons (Fsp3) is 0.0833. The van der Waals surface area contributed by atoms with Crippen molar-refractivity contribution < 1.29 is 9.59 Å². The standard InChI is InChI=1S/C24H28N10O2.ClH/c1-27-21(25)29-15-3-7-17(8-4-15)31-23(35)33-19-11-13-20(14-12-19)34-24(36)32-18-9-5-16(6-10-18)30-22(26)28-2;/h3-14H,1-2H3,(H3,25,27,29)(H3,26,28,30)(H2,31,33,35)(H2,32,34,36);1H. The van der Waals surface area contributed by atoms with Gasteiger partial charge in [-0.1, -0.05) is 0 Å². The van der Waals surface area contributed by atoms with Crippen molar-refractivity contribution in [2.75, 3.05) is 46.0 Å². The van der Waals surface area contributed by atoms with E-state index < -0.39 is 12.1 Å². The molecule has 13 heteroatoms. The molecule has 0 aliphatic rings. The molecule has 37 heavy (non-hydrogen) atoms. The predicted molar refractivity (Wildman–Crippen MR) is 154 cm³/mol. The molecule has 0 saturated heterocycles. The maximum Gasteiger partial charge on any atom is 0.323 e. The Morgan fingerprint density at radius 2 is 0.676 bits per heavy atom. The van der Waals surface area contributed by atoms with Gasteiger partial charge in [0.05, 0.1) is 0 Å². The largest absolute Gasteiger partial charge is 0.370 e. The van der Waals surface area contributed by atoms with Crippen molar-refractivity contribution in [3.8, 4) is 0 Å². The molecule has 3 aromatic carbocycles. The van der Waals surface area contributed by atoms with Crippen molar-refractivity contribution >= 4 is 70.5 Å². The normalized spacial score (nSPS) is 11.0. The Balaban J connectivity index is 0.00000481. The minimum atomic E-state index is -0.409. The molecular formula is C24H29ClN10O2. The van der Waals surface area contributed by atoms with E-state index in [1.54, 1.807) is 86.9 Å². The van der Waals surface area contributed by atoms with Gasteiger partial charge >= 0.3 is 12.1 Å². The van der Waals surface area contributed by atoms with Crippen LogP contribution in [0.5, 0.6) is 0 Å². The maximum absolute atomic E-state index is 12.3. The first-order valence-corrected chi connectivity index (χ1v) is 10.8. The van der Waals surface area contributed by atoms with Gasteiger partial charge < -0.3 is 43.4 Å². The molecule has 0 fully saturated rings. The number of benzene rings is 3. The van der Waals surface area contributed by atoms with Gasteiger partial charge in [-0.3, -0.25) is 9.98 Å². The minimum absolute atomic E-state index is 0. The lowest BCUT2D eigenvalue weighted by Gasteiger charge is -2.11. The SMILES string of the molecule is CN=C(N)Nc1ccc(NC(=O)Nc2ccc(NC(=O)Nc3ccc(NC(N)=NC)cc3)cc2)cc1.Cl. The number of nitrogens with zero attached hydrogens (tertiary/aromatic N) is 2. The number of urea groups is 2. The molecule has 194 valence electrons. The number of aliphatic imine (C=N–C) groups is 2. The van der Waals surface area contributed by atoms with Gasteiger partial charge in [0.2, 0.25) is 0 Å². The Hall–Kier alpha value is -4.97. The molecule has 0 bridgehead atoms. The number of guanidine groups is 2. The smallest absolute Gasteiger partial charge is 0.323 e. The van der Waals surface area contributed by atoms with Crippen LogP contribution in [0.3, 0.4) is 0 Å². The Morgan fingerprint density at radius 1 is 0.486 bits per heavy atom. The van der Waals surface area contributed by atoms with Crippen LogP contribution in [0.25, 0.3) is 0 Å². The van der Waals surface area contributed by atoms with Crippen LogP contribution in [0.15, 0.2) is 82.8 Å². The van der Waals surface area contributed by atoms with Crippen LogP contribution in [0.2, 0.25) is 0 Å². The second-order valence-corrected chi connectivity index (χ2v) is 7.36. The molecule has 0 radical (unpaired) electrons. The lowest BCUT2D eigenvalue weighted by atomic mass is 10.2. The summed E-state index contributed by atoms with van der Waals surface area (Å²) in [6.45, 7) is 0. The second-order valence-electron chi connectivity index (χ2n) is 7.36. The molecule has 4 amide bonds. The quantitative estimate of drug-likeness (QED) is 0.177. The number of halogens is 1. The molecule has 0 aliphatic heterocycles. The number of carbonyl (C=O) groups excluding carboxylic acids is 2. The van der Waals surface area contributed by atoms with Crippen LogP contribution in [0.4, 0.5) is 43.7 Å². The second kappa shape index (κ2) is 13.8. The van der Waals surface area contributed by atoms with Gasteiger partial charge in [0, 0.05) is 48.2 Å². The summed E-state index contributed by atoms with van der Waals surface area (Å²) in [6.07, 6.45) is 0. The number of rotatable bonds is 6. The fourth-order valence-corrected chi connectivity index (χ4v) is 2.91. The van der Waals surface area contributed by atoms with Crippen LogP contribution < -0.4 is 43.4 Å². The molecule has 10 N–H and O–H groups in total. The van der Waals surface area contributed by atoms with Crippen molar-refractivity contribution in [3.63, 3.8) is 0 Å². The van der Waals surface area contributed by atoms with E-state index in [9.17, 15) is 9.59 Å². The summed E-state index contributed by atoms with van der Waals surface area (Å²) in [4.78, 5) is 32.2. The van der Waals surface area contributed by atoms with E-state index in [2.05, 4.69) is 41.9 Å². The zero-order valence-corrected chi connectivity index (χ0v) is 21.0. The van der Waals surface area contributed by atoms with E-state index in [4.69, 9.17) is 11.5 Å². The highest BCUT2D eigenvalue weighted by Gasteiger charge is 2.06. The first-order valence-electron chi connectivity index (χ1n) is 10.8. The van der Waals surface area contributed by atoms with Crippen LogP contribution >= 0.6 is 12.4 Å². The molecular weight excluding hydrogens is 496 g/mol. The number of hydrogen-bond acceptors (Lipinski definition) is 4. The summed E-state index contributed by atoms with van der Waals surface area (Å²) < 4.78 is 0. The third-order valence-corrected chi connectivity index (χ3v) is 4.71. The van der Waals surface area contributed by atoms with Crippen LogP contribution in [0.1, 0.15) is 0 Å². The number of anilines is 6. The molecule has 0 aromatic heterocycles. The Labute approximate surface area is 220 Å². The number of carbonyl (C=O) groups is 2. The number of amides is 4. The summed E-state index contributed by atoms with van der Waals surface area (Å²) in [5, 5.41) is 16.8. The van der Waals surface area contributed by atoms with Gasteiger partial charge in [0.25, 0.3) is 0 Å². The Kier molecular flexibility index (Phi) is 10.5. The van der Waals surface area contributed by atoms with Gasteiger partial charge in [-0.15, -0.1) is 12.4 Å². The molecule has 3 aromatic rings. The first-order chi connectivity index (χ1) is 17.3. The summed E-state index contributed by atoms with van der Waals surface area (Å²) in [6, 6.07) is 19.9. The monoisotopic (exact) mass is 524 g/mol. The summed E-state index contributed by atoms with van der Waals surface area (Å²) in [7, 11) is 3.17. The highest BCUT2D eigenvalue weighted by atomic mass is 35.5. The van der Waals surface area contributed by atoms with E-state index >= 15 is 0 Å². The molecule has 0 unspecified atom stereocenters. The van der Waals surface area contributed by atoms with Crippen molar-refractivity contribution in [1.82, 2.24) is 0 Å². The fourth-order valence-electron chi connectivity index (χ4n) is 2.91. The van der Waals surface area contributed by atoms with E-state index in [0.717, 1.165) is 11.4 Å². The van der Waals surface area contributed by atoms with Gasteiger partial charge in [-0.2, -0.15) is 0 Å². The average Bonchev–Trinajstić information content (AvgIpc) is 2.87. The summed E-state index contributed by atoms with van der Waals surface area (Å²) >= 11 is 0. The number of nitrogens with one attached hydrogen (secondary N) is 6. The minimum Gasteiger partial charge on any atom is -0.370 e. The predicted octanol–water partition coefficient (Wildman–Crippen LogP) is 4.11. The molecule has 0 heterocycles. The van der Waals surface area contributed by atoms with Crippen LogP contribution in [-0.4, -0.2) is 38.1 Å². The molecule has 0 saturated carbocycles. The molecule has 0 atom stereocenters. The lowest BCUT2D eigenvalue weighted by molar-refractivity contribution is 0.261.